The van der Waals surface area contributed by atoms with Crippen molar-refractivity contribution in [3.63, 3.8) is 0 Å². The van der Waals surface area contributed by atoms with Gasteiger partial charge < -0.3 is 5.32 Å². The molecule has 2 aliphatic carbocycles. The number of hydrogen-bond donors (Lipinski definition) is 1. The maximum Gasteiger partial charge on any atom is 0.131 e. The molecule has 2 saturated carbocycles. The smallest absolute Gasteiger partial charge is 0.131 e. The molecule has 0 amide bonds. The lowest BCUT2D eigenvalue weighted by molar-refractivity contribution is 0.155. The van der Waals surface area contributed by atoms with E-state index in [9.17, 15) is 0 Å². The third-order valence-electron chi connectivity index (χ3n) is 5.14. The van der Waals surface area contributed by atoms with Gasteiger partial charge in [0.1, 0.15) is 10.0 Å². The second-order valence-corrected chi connectivity index (χ2v) is 9.05. The molecule has 21 heavy (non-hydrogen) atoms. The fraction of sp³-hybridized carbons (Fsp3) is 0.882. The lowest BCUT2D eigenvalue weighted by atomic mass is 9.68. The van der Waals surface area contributed by atoms with Gasteiger partial charge >= 0.3 is 0 Å². The zero-order valence-corrected chi connectivity index (χ0v) is 14.5. The van der Waals surface area contributed by atoms with Gasteiger partial charge in [-0.05, 0) is 51.9 Å². The van der Waals surface area contributed by atoms with Crippen LogP contribution in [0.4, 0.5) is 0 Å². The van der Waals surface area contributed by atoms with Gasteiger partial charge in [0.25, 0.3) is 0 Å². The Balaban J connectivity index is 1.58. The number of nitrogens with one attached hydrogen (secondary N) is 1. The molecule has 0 saturated heterocycles. The van der Waals surface area contributed by atoms with E-state index in [1.54, 1.807) is 0 Å². The molecule has 0 spiro atoms. The SMILES string of the molecule is CC(C)(C)NCc1nnc(C2CCC3CCCCC3C2)s1. The second-order valence-electron chi connectivity index (χ2n) is 7.95. The minimum atomic E-state index is 0.145. The topological polar surface area (TPSA) is 37.8 Å². The van der Waals surface area contributed by atoms with Crippen molar-refractivity contribution in [2.75, 3.05) is 0 Å². The van der Waals surface area contributed by atoms with Crippen LogP contribution in [0.3, 0.4) is 0 Å². The van der Waals surface area contributed by atoms with Gasteiger partial charge in [-0.3, -0.25) is 0 Å². The Morgan fingerprint density at radius 2 is 1.81 bits per heavy atom. The van der Waals surface area contributed by atoms with Crippen LogP contribution in [0.25, 0.3) is 0 Å². The molecule has 3 unspecified atom stereocenters. The van der Waals surface area contributed by atoms with Crippen LogP contribution >= 0.6 is 11.3 Å². The predicted molar refractivity (Wildman–Crippen MR) is 88.5 cm³/mol. The van der Waals surface area contributed by atoms with Crippen molar-refractivity contribution in [2.45, 2.75) is 83.7 Å². The van der Waals surface area contributed by atoms with Crippen molar-refractivity contribution < 1.29 is 0 Å². The number of hydrogen-bond acceptors (Lipinski definition) is 4. The fourth-order valence-electron chi connectivity index (χ4n) is 3.94. The summed E-state index contributed by atoms with van der Waals surface area (Å²) in [6.45, 7) is 7.43. The summed E-state index contributed by atoms with van der Waals surface area (Å²) in [6, 6.07) is 0. The summed E-state index contributed by atoms with van der Waals surface area (Å²) in [6.07, 6.45) is 9.98. The predicted octanol–water partition coefficient (Wildman–Crippen LogP) is 4.50. The Morgan fingerprint density at radius 3 is 2.57 bits per heavy atom. The maximum atomic E-state index is 4.51. The summed E-state index contributed by atoms with van der Waals surface area (Å²) < 4.78 is 0. The molecule has 1 N–H and O–H groups in total. The Kier molecular flexibility index (Phi) is 4.65. The summed E-state index contributed by atoms with van der Waals surface area (Å²) in [5.41, 5.74) is 0.145. The molecule has 0 aliphatic heterocycles. The second kappa shape index (κ2) is 6.33. The van der Waals surface area contributed by atoms with E-state index in [1.807, 2.05) is 11.3 Å². The lowest BCUT2D eigenvalue weighted by Gasteiger charge is -2.38. The van der Waals surface area contributed by atoms with Crippen molar-refractivity contribution in [1.29, 1.82) is 0 Å². The van der Waals surface area contributed by atoms with Gasteiger partial charge in [-0.2, -0.15) is 0 Å². The van der Waals surface area contributed by atoms with Crippen LogP contribution in [0.15, 0.2) is 0 Å². The molecule has 0 radical (unpaired) electrons. The largest absolute Gasteiger partial charge is 0.306 e. The lowest BCUT2D eigenvalue weighted by Crippen LogP contribution is -2.35. The third-order valence-corrected chi connectivity index (χ3v) is 6.23. The van der Waals surface area contributed by atoms with E-state index in [-0.39, 0.29) is 5.54 Å². The summed E-state index contributed by atoms with van der Waals surface area (Å²) in [5, 5.41) is 14.9. The van der Waals surface area contributed by atoms with Crippen LogP contribution in [-0.2, 0) is 6.54 Å². The fourth-order valence-corrected chi connectivity index (χ4v) is 4.87. The normalized spacial score (nSPS) is 30.1. The quantitative estimate of drug-likeness (QED) is 0.893. The monoisotopic (exact) mass is 307 g/mol. The van der Waals surface area contributed by atoms with Gasteiger partial charge in [0, 0.05) is 11.5 Å². The van der Waals surface area contributed by atoms with E-state index in [4.69, 9.17) is 0 Å². The van der Waals surface area contributed by atoms with Gasteiger partial charge in [0.05, 0.1) is 6.54 Å². The highest BCUT2D eigenvalue weighted by Crippen LogP contribution is 2.46. The molecule has 1 aromatic heterocycles. The van der Waals surface area contributed by atoms with Gasteiger partial charge in [0.2, 0.25) is 0 Å². The summed E-state index contributed by atoms with van der Waals surface area (Å²) >= 11 is 1.83. The standard InChI is InChI=1S/C17H29N3S/c1-17(2,3)18-11-15-19-20-16(21-15)14-9-8-12-6-4-5-7-13(12)10-14/h12-14,18H,4-11H2,1-3H3. The number of rotatable bonds is 3. The number of aromatic nitrogens is 2. The minimum absolute atomic E-state index is 0.145. The van der Waals surface area contributed by atoms with E-state index in [0.717, 1.165) is 23.4 Å². The van der Waals surface area contributed by atoms with Gasteiger partial charge in [-0.25, -0.2) is 0 Å². The van der Waals surface area contributed by atoms with Crippen LogP contribution in [0.5, 0.6) is 0 Å². The Labute approximate surface area is 132 Å². The van der Waals surface area contributed by atoms with Crippen molar-refractivity contribution in [2.24, 2.45) is 11.8 Å². The molecule has 0 aromatic carbocycles. The zero-order valence-electron chi connectivity index (χ0n) is 13.7. The van der Waals surface area contributed by atoms with Crippen LogP contribution < -0.4 is 5.32 Å². The first kappa shape index (κ1) is 15.4. The highest BCUT2D eigenvalue weighted by Gasteiger charge is 2.34. The Bertz CT molecular complexity index is 463. The van der Waals surface area contributed by atoms with Crippen LogP contribution in [-0.4, -0.2) is 15.7 Å². The Morgan fingerprint density at radius 1 is 1.05 bits per heavy atom. The Hall–Kier alpha value is -0.480. The van der Waals surface area contributed by atoms with E-state index >= 15 is 0 Å². The van der Waals surface area contributed by atoms with Crippen LogP contribution in [0.1, 0.15) is 81.7 Å². The molecular weight excluding hydrogens is 278 g/mol. The van der Waals surface area contributed by atoms with Crippen LogP contribution in [0.2, 0.25) is 0 Å². The molecule has 2 aliphatic rings. The summed E-state index contributed by atoms with van der Waals surface area (Å²) in [4.78, 5) is 0. The molecule has 3 rings (SSSR count). The summed E-state index contributed by atoms with van der Waals surface area (Å²) in [5.74, 6) is 2.67. The summed E-state index contributed by atoms with van der Waals surface area (Å²) in [7, 11) is 0. The first-order chi connectivity index (χ1) is 10.0. The molecule has 1 aromatic rings. The van der Waals surface area contributed by atoms with Crippen molar-refractivity contribution in [1.82, 2.24) is 15.5 Å². The van der Waals surface area contributed by atoms with Crippen molar-refractivity contribution in [3.05, 3.63) is 10.0 Å². The van der Waals surface area contributed by atoms with Gasteiger partial charge in [-0.15, -0.1) is 10.2 Å². The molecule has 118 valence electrons. The van der Waals surface area contributed by atoms with E-state index in [1.165, 1.54) is 50.0 Å². The highest BCUT2D eigenvalue weighted by atomic mass is 32.1. The molecule has 3 nitrogen and oxygen atoms in total. The minimum Gasteiger partial charge on any atom is -0.306 e. The first-order valence-corrected chi connectivity index (χ1v) is 9.40. The van der Waals surface area contributed by atoms with E-state index < -0.39 is 0 Å². The first-order valence-electron chi connectivity index (χ1n) is 8.58. The maximum absolute atomic E-state index is 4.51. The molecule has 4 heteroatoms. The number of nitrogens with zero attached hydrogens (tertiary/aromatic N) is 2. The average Bonchev–Trinajstić information content (AvgIpc) is 2.93. The average molecular weight is 308 g/mol. The van der Waals surface area contributed by atoms with Gasteiger partial charge in [-0.1, -0.05) is 37.0 Å². The molecule has 1 heterocycles. The van der Waals surface area contributed by atoms with E-state index in [2.05, 4.69) is 36.3 Å². The third kappa shape index (κ3) is 4.04. The molecule has 2 fully saturated rings. The molecule has 3 atom stereocenters. The van der Waals surface area contributed by atoms with Crippen molar-refractivity contribution >= 4 is 11.3 Å². The molecule has 0 bridgehead atoms. The highest BCUT2D eigenvalue weighted by molar-refractivity contribution is 7.11. The van der Waals surface area contributed by atoms with E-state index in [0.29, 0.717) is 5.92 Å². The van der Waals surface area contributed by atoms with Crippen LogP contribution in [0, 0.1) is 11.8 Å². The number of fused-ring (bicyclic) bond motifs is 1. The van der Waals surface area contributed by atoms with Crippen molar-refractivity contribution in [3.8, 4) is 0 Å². The molecular formula is C17H29N3S. The zero-order chi connectivity index (χ0) is 14.9. The van der Waals surface area contributed by atoms with Gasteiger partial charge in [0.15, 0.2) is 0 Å².